The number of benzene rings is 1. The van der Waals surface area contributed by atoms with E-state index in [1.165, 1.54) is 0 Å². The molecule has 1 spiro atoms. The van der Waals surface area contributed by atoms with E-state index in [0.717, 1.165) is 24.4 Å². The average Bonchev–Trinajstić information content (AvgIpc) is 2.92. The number of aliphatic hydroxyl groups is 1. The number of hydrogen-bond acceptors (Lipinski definition) is 5. The Morgan fingerprint density at radius 1 is 1.32 bits per heavy atom. The van der Waals surface area contributed by atoms with Crippen LogP contribution in [0.4, 0.5) is 0 Å². The standard InChI is InChI=1S/C18H24N2O5/c21-9-10-25-15-4-2-1-3-13(15)12-20-7-5-18(6-8-20)14(17(23)24)11-16(22)19-18/h1-4,14,21H,5-12H2,(H,19,22)(H,23,24)/t14-/m1/s1. The molecule has 2 heterocycles. The van der Waals surface area contributed by atoms with Crippen molar-refractivity contribution in [3.05, 3.63) is 29.8 Å². The van der Waals surface area contributed by atoms with Crippen LogP contribution in [0.3, 0.4) is 0 Å². The van der Waals surface area contributed by atoms with Crippen molar-refractivity contribution >= 4 is 11.9 Å². The molecule has 3 rings (SSSR count). The molecule has 1 atom stereocenters. The number of nitrogens with zero attached hydrogens (tertiary/aromatic N) is 1. The minimum atomic E-state index is -0.894. The van der Waals surface area contributed by atoms with E-state index in [2.05, 4.69) is 10.2 Å². The SMILES string of the molecule is O=C1C[C@H](C(=O)O)C2(CCN(Cc3ccccc3OCCO)CC2)N1. The van der Waals surface area contributed by atoms with Crippen LogP contribution < -0.4 is 10.1 Å². The third kappa shape index (κ3) is 3.77. The van der Waals surface area contributed by atoms with E-state index in [1.54, 1.807) is 0 Å². The van der Waals surface area contributed by atoms with Crippen LogP contribution in [0.25, 0.3) is 0 Å². The Kier molecular flexibility index (Phi) is 5.24. The van der Waals surface area contributed by atoms with E-state index in [-0.39, 0.29) is 25.5 Å². The normalized spacial score (nSPS) is 22.8. The van der Waals surface area contributed by atoms with E-state index >= 15 is 0 Å². The number of piperidine rings is 1. The molecule has 2 aliphatic heterocycles. The van der Waals surface area contributed by atoms with Gasteiger partial charge in [-0.15, -0.1) is 0 Å². The molecule has 0 bridgehead atoms. The lowest BCUT2D eigenvalue weighted by Gasteiger charge is -2.41. The summed E-state index contributed by atoms with van der Waals surface area (Å²) in [6.45, 7) is 2.36. The summed E-state index contributed by atoms with van der Waals surface area (Å²) in [5.74, 6) is -0.935. The topological polar surface area (TPSA) is 99.1 Å². The molecule has 0 saturated carbocycles. The fraction of sp³-hybridized carbons (Fsp3) is 0.556. The van der Waals surface area contributed by atoms with Crippen molar-refractivity contribution in [3.8, 4) is 5.75 Å². The van der Waals surface area contributed by atoms with Gasteiger partial charge in [0.2, 0.25) is 5.91 Å². The molecule has 1 amide bonds. The Hall–Kier alpha value is -2.12. The minimum absolute atomic E-state index is 0.0309. The molecular weight excluding hydrogens is 324 g/mol. The number of aliphatic hydroxyl groups excluding tert-OH is 1. The molecule has 7 nitrogen and oxygen atoms in total. The second-order valence-electron chi connectivity index (χ2n) is 6.76. The second-order valence-corrected chi connectivity index (χ2v) is 6.76. The summed E-state index contributed by atoms with van der Waals surface area (Å²) in [6, 6.07) is 7.72. The Morgan fingerprint density at radius 3 is 2.72 bits per heavy atom. The van der Waals surface area contributed by atoms with E-state index in [0.29, 0.717) is 19.4 Å². The zero-order valence-electron chi connectivity index (χ0n) is 14.1. The summed E-state index contributed by atoms with van der Waals surface area (Å²) in [5, 5.41) is 21.3. The predicted octanol–water partition coefficient (Wildman–Crippen LogP) is 0.613. The summed E-state index contributed by atoms with van der Waals surface area (Å²) in [6.07, 6.45) is 1.35. The molecule has 1 aromatic carbocycles. The summed E-state index contributed by atoms with van der Waals surface area (Å²) >= 11 is 0. The maximum absolute atomic E-state index is 11.7. The number of aliphatic carboxylic acids is 1. The fourth-order valence-corrected chi connectivity index (χ4v) is 3.88. The van der Waals surface area contributed by atoms with Gasteiger partial charge in [0.1, 0.15) is 12.4 Å². The molecule has 2 aliphatic rings. The quantitative estimate of drug-likeness (QED) is 0.697. The highest BCUT2D eigenvalue weighted by molar-refractivity contribution is 5.88. The van der Waals surface area contributed by atoms with Gasteiger partial charge in [0.05, 0.1) is 18.1 Å². The summed E-state index contributed by atoms with van der Waals surface area (Å²) in [7, 11) is 0. The van der Waals surface area contributed by atoms with Crippen LogP contribution in [0.2, 0.25) is 0 Å². The first-order valence-corrected chi connectivity index (χ1v) is 8.62. The van der Waals surface area contributed by atoms with Crippen LogP contribution in [0.15, 0.2) is 24.3 Å². The second kappa shape index (κ2) is 7.41. The first-order chi connectivity index (χ1) is 12.0. The van der Waals surface area contributed by atoms with Gasteiger partial charge in [0.15, 0.2) is 0 Å². The Labute approximate surface area is 146 Å². The largest absolute Gasteiger partial charge is 0.491 e. The molecule has 1 aromatic rings. The average molecular weight is 348 g/mol. The highest BCUT2D eigenvalue weighted by Gasteiger charge is 2.51. The van der Waals surface area contributed by atoms with Crippen molar-refractivity contribution < 1.29 is 24.5 Å². The molecule has 3 N–H and O–H groups in total. The summed E-state index contributed by atoms with van der Waals surface area (Å²) < 4.78 is 5.57. The smallest absolute Gasteiger partial charge is 0.309 e. The van der Waals surface area contributed by atoms with Crippen molar-refractivity contribution in [2.75, 3.05) is 26.3 Å². The molecule has 25 heavy (non-hydrogen) atoms. The van der Waals surface area contributed by atoms with Crippen LogP contribution in [0.1, 0.15) is 24.8 Å². The number of hydrogen-bond donors (Lipinski definition) is 3. The van der Waals surface area contributed by atoms with Crippen LogP contribution in [0, 0.1) is 5.92 Å². The van der Waals surface area contributed by atoms with Crippen LogP contribution in [-0.4, -0.2) is 58.8 Å². The number of carboxylic acid groups (broad SMARTS) is 1. The molecule has 0 radical (unpaired) electrons. The lowest BCUT2D eigenvalue weighted by atomic mass is 9.77. The van der Waals surface area contributed by atoms with Gasteiger partial charge in [0.25, 0.3) is 0 Å². The molecule has 0 unspecified atom stereocenters. The highest BCUT2D eigenvalue weighted by atomic mass is 16.5. The molecule has 0 aliphatic carbocycles. The number of para-hydroxylation sites is 1. The van der Waals surface area contributed by atoms with E-state index in [1.807, 2.05) is 24.3 Å². The zero-order chi connectivity index (χ0) is 17.9. The van der Waals surface area contributed by atoms with Crippen molar-refractivity contribution in [2.24, 2.45) is 5.92 Å². The maximum Gasteiger partial charge on any atom is 0.309 e. The number of nitrogens with one attached hydrogen (secondary N) is 1. The number of carboxylic acids is 1. The lowest BCUT2D eigenvalue weighted by Crippen LogP contribution is -2.55. The minimum Gasteiger partial charge on any atom is -0.491 e. The van der Waals surface area contributed by atoms with Gasteiger partial charge in [-0.05, 0) is 18.9 Å². The van der Waals surface area contributed by atoms with Gasteiger partial charge < -0.3 is 20.3 Å². The third-order valence-electron chi connectivity index (χ3n) is 5.21. The van der Waals surface area contributed by atoms with E-state index in [9.17, 15) is 14.7 Å². The molecule has 2 fully saturated rings. The number of rotatable bonds is 6. The third-order valence-corrected chi connectivity index (χ3v) is 5.21. The number of amides is 1. The summed E-state index contributed by atoms with van der Waals surface area (Å²) in [5.41, 5.74) is 0.434. The van der Waals surface area contributed by atoms with Crippen LogP contribution in [-0.2, 0) is 16.1 Å². The van der Waals surface area contributed by atoms with Crippen molar-refractivity contribution in [1.82, 2.24) is 10.2 Å². The van der Waals surface area contributed by atoms with E-state index < -0.39 is 17.4 Å². The van der Waals surface area contributed by atoms with Crippen LogP contribution >= 0.6 is 0 Å². The van der Waals surface area contributed by atoms with Gasteiger partial charge in [-0.2, -0.15) is 0 Å². The Morgan fingerprint density at radius 2 is 2.04 bits per heavy atom. The Balaban J connectivity index is 1.63. The van der Waals surface area contributed by atoms with E-state index in [4.69, 9.17) is 9.84 Å². The molecule has 7 heteroatoms. The molecular formula is C18H24N2O5. The molecule has 0 aromatic heterocycles. The van der Waals surface area contributed by atoms with Crippen molar-refractivity contribution in [1.29, 1.82) is 0 Å². The zero-order valence-corrected chi connectivity index (χ0v) is 14.1. The van der Waals surface area contributed by atoms with Crippen molar-refractivity contribution in [2.45, 2.75) is 31.3 Å². The first-order valence-electron chi connectivity index (χ1n) is 8.62. The summed E-state index contributed by atoms with van der Waals surface area (Å²) in [4.78, 5) is 25.5. The van der Waals surface area contributed by atoms with Gasteiger partial charge >= 0.3 is 5.97 Å². The van der Waals surface area contributed by atoms with Gasteiger partial charge in [-0.3, -0.25) is 14.5 Å². The van der Waals surface area contributed by atoms with Crippen LogP contribution in [0.5, 0.6) is 5.75 Å². The van der Waals surface area contributed by atoms with Gasteiger partial charge in [-0.25, -0.2) is 0 Å². The van der Waals surface area contributed by atoms with Crippen molar-refractivity contribution in [3.63, 3.8) is 0 Å². The number of ether oxygens (including phenoxy) is 1. The lowest BCUT2D eigenvalue weighted by molar-refractivity contribution is -0.144. The van der Waals surface area contributed by atoms with Gasteiger partial charge in [0, 0.05) is 31.6 Å². The predicted molar refractivity (Wildman–Crippen MR) is 90.2 cm³/mol. The number of likely N-dealkylation sites (tertiary alicyclic amines) is 1. The number of carbonyl (C=O) groups excluding carboxylic acids is 1. The van der Waals surface area contributed by atoms with Gasteiger partial charge in [-0.1, -0.05) is 18.2 Å². The number of carbonyl (C=O) groups is 2. The highest BCUT2D eigenvalue weighted by Crippen LogP contribution is 2.37. The maximum atomic E-state index is 11.7. The molecule has 2 saturated heterocycles. The Bertz CT molecular complexity index is 640. The molecule has 136 valence electrons. The monoisotopic (exact) mass is 348 g/mol. The fourth-order valence-electron chi connectivity index (χ4n) is 3.88. The first kappa shape index (κ1) is 17.7.